The molecule has 1 saturated carbocycles. The van der Waals surface area contributed by atoms with E-state index in [1.807, 2.05) is 38.3 Å². The number of unbranched alkanes of at least 4 members (excludes halogenated alkanes) is 2. The molecule has 0 aromatic heterocycles. The number of rotatable bonds is 13. The average Bonchev–Trinajstić information content (AvgIpc) is 3.53. The summed E-state index contributed by atoms with van der Waals surface area (Å²) in [5.41, 5.74) is 2.32. The van der Waals surface area contributed by atoms with Gasteiger partial charge in [0.1, 0.15) is 17.7 Å². The molecule has 7 nitrogen and oxygen atoms in total. The summed E-state index contributed by atoms with van der Waals surface area (Å²) >= 11 is 1.61. The molecule has 1 fully saturated rings. The predicted molar refractivity (Wildman–Crippen MR) is 152 cm³/mol. The van der Waals surface area contributed by atoms with Crippen LogP contribution in [0.15, 0.2) is 18.2 Å². The van der Waals surface area contributed by atoms with Crippen LogP contribution in [0.1, 0.15) is 89.5 Å². The second kappa shape index (κ2) is 14.1. The van der Waals surface area contributed by atoms with E-state index in [1.54, 1.807) is 37.4 Å². The van der Waals surface area contributed by atoms with Crippen molar-refractivity contribution in [1.82, 2.24) is 15.5 Å². The van der Waals surface area contributed by atoms with Gasteiger partial charge in [-0.1, -0.05) is 44.9 Å². The zero-order chi connectivity index (χ0) is 27.8. The van der Waals surface area contributed by atoms with E-state index >= 15 is 0 Å². The Kier molecular flexibility index (Phi) is 11.8. The number of hydrogen-bond donors (Lipinski definition) is 2. The maximum atomic E-state index is 14.2. The average molecular weight is 534 g/mol. The molecule has 1 aromatic rings. The maximum Gasteiger partial charge on any atom is 0.408 e. The van der Waals surface area contributed by atoms with Crippen LogP contribution in [-0.2, 0) is 14.3 Å². The van der Waals surface area contributed by atoms with Crippen molar-refractivity contribution in [2.75, 3.05) is 18.6 Å². The minimum atomic E-state index is -0.781. The Balaban J connectivity index is 2.45. The quantitative estimate of drug-likeness (QED) is 0.325. The molecule has 1 aliphatic rings. The predicted octanol–water partition coefficient (Wildman–Crippen LogP) is 5.53. The molecule has 4 atom stereocenters. The lowest BCUT2D eigenvalue weighted by atomic mass is 9.97. The van der Waals surface area contributed by atoms with Crippen LogP contribution in [0.25, 0.3) is 0 Å². The number of thioether (sulfide) groups is 1. The van der Waals surface area contributed by atoms with Crippen LogP contribution in [-0.4, -0.2) is 59.0 Å². The van der Waals surface area contributed by atoms with E-state index in [0.29, 0.717) is 18.7 Å². The van der Waals surface area contributed by atoms with Crippen LogP contribution in [0.4, 0.5) is 4.79 Å². The van der Waals surface area contributed by atoms with Crippen LogP contribution in [0, 0.1) is 19.8 Å². The van der Waals surface area contributed by atoms with E-state index in [9.17, 15) is 14.4 Å². The van der Waals surface area contributed by atoms with Gasteiger partial charge in [0, 0.05) is 12.6 Å². The van der Waals surface area contributed by atoms with Gasteiger partial charge in [-0.15, -0.1) is 0 Å². The fourth-order valence-electron chi connectivity index (χ4n) is 4.35. The normalized spacial score (nSPS) is 18.5. The van der Waals surface area contributed by atoms with E-state index in [4.69, 9.17) is 4.74 Å². The lowest BCUT2D eigenvalue weighted by molar-refractivity contribution is -0.143. The number of nitrogens with one attached hydrogen (secondary N) is 2. The first-order chi connectivity index (χ1) is 17.4. The van der Waals surface area contributed by atoms with Gasteiger partial charge >= 0.3 is 6.09 Å². The van der Waals surface area contributed by atoms with Crippen LogP contribution < -0.4 is 10.6 Å². The molecule has 0 saturated heterocycles. The first-order valence-corrected chi connectivity index (χ1v) is 14.9. The van der Waals surface area contributed by atoms with E-state index in [1.165, 1.54) is 0 Å². The number of alkyl carbamates (subject to hydrolysis) is 1. The Bertz CT molecular complexity index is 930. The number of carbonyl (C=O) groups excluding carboxylic acids is 3. The molecule has 1 aliphatic carbocycles. The highest BCUT2D eigenvalue weighted by atomic mass is 32.2. The number of hydrogen-bond acceptors (Lipinski definition) is 5. The molecule has 2 rings (SSSR count). The molecule has 208 valence electrons. The fourth-order valence-corrected chi connectivity index (χ4v) is 4.82. The van der Waals surface area contributed by atoms with E-state index in [2.05, 4.69) is 24.5 Å². The fraction of sp³-hybridized carbons (Fsp3) is 0.690. The topological polar surface area (TPSA) is 87.7 Å². The van der Waals surface area contributed by atoms with Gasteiger partial charge in [-0.25, -0.2) is 4.79 Å². The van der Waals surface area contributed by atoms with Gasteiger partial charge in [0.05, 0.1) is 0 Å². The van der Waals surface area contributed by atoms with Crippen molar-refractivity contribution in [2.24, 2.45) is 5.92 Å². The largest absolute Gasteiger partial charge is 0.444 e. The molecule has 3 amide bonds. The smallest absolute Gasteiger partial charge is 0.408 e. The molecule has 2 N–H and O–H groups in total. The Morgan fingerprint density at radius 1 is 1.16 bits per heavy atom. The van der Waals surface area contributed by atoms with Gasteiger partial charge in [0.15, 0.2) is 0 Å². The van der Waals surface area contributed by atoms with Crippen molar-refractivity contribution < 1.29 is 19.1 Å². The van der Waals surface area contributed by atoms with Crippen molar-refractivity contribution in [3.8, 4) is 0 Å². The standard InChI is InChI=1S/C29H47N3O4S/c1-9-10-11-15-30-26(33)25(22-13-12-19(2)20(3)17-22)32(24-18-21(24)4)27(34)23(14-16-37-8)31-28(35)36-29(5,6)7/h12-13,17,21,23-25H,9-11,14-16,18H2,1-8H3,(H,30,33)(H,31,35). The van der Waals surface area contributed by atoms with Crippen LogP contribution in [0.2, 0.25) is 0 Å². The van der Waals surface area contributed by atoms with Crippen LogP contribution in [0.3, 0.4) is 0 Å². The van der Waals surface area contributed by atoms with Gasteiger partial charge < -0.3 is 20.3 Å². The monoisotopic (exact) mass is 533 g/mol. The first-order valence-electron chi connectivity index (χ1n) is 13.5. The lowest BCUT2D eigenvalue weighted by Crippen LogP contribution is -2.54. The molecule has 0 radical (unpaired) electrons. The molecule has 37 heavy (non-hydrogen) atoms. The third-order valence-electron chi connectivity index (χ3n) is 6.73. The molecule has 4 unspecified atom stereocenters. The first kappa shape index (κ1) is 31.0. The minimum absolute atomic E-state index is 0.0577. The third-order valence-corrected chi connectivity index (χ3v) is 7.38. The zero-order valence-corrected chi connectivity index (χ0v) is 24.8. The highest BCUT2D eigenvalue weighted by molar-refractivity contribution is 7.98. The number of amides is 3. The van der Waals surface area contributed by atoms with E-state index in [-0.39, 0.29) is 23.8 Å². The van der Waals surface area contributed by atoms with Crippen molar-refractivity contribution in [2.45, 2.75) is 104 Å². The summed E-state index contributed by atoms with van der Waals surface area (Å²) in [6.07, 6.45) is 5.62. The van der Waals surface area contributed by atoms with Crippen LogP contribution in [0.5, 0.6) is 0 Å². The van der Waals surface area contributed by atoms with Gasteiger partial charge in [-0.3, -0.25) is 9.59 Å². The van der Waals surface area contributed by atoms with Gasteiger partial charge in [0.25, 0.3) is 0 Å². The molecular weight excluding hydrogens is 486 g/mol. The number of aryl methyl sites for hydroxylation is 2. The number of nitrogens with zero attached hydrogens (tertiary/aromatic N) is 1. The summed E-state index contributed by atoms with van der Waals surface area (Å²) in [5, 5.41) is 5.90. The van der Waals surface area contributed by atoms with Gasteiger partial charge in [0.2, 0.25) is 11.8 Å². The van der Waals surface area contributed by atoms with E-state index < -0.39 is 23.8 Å². The molecule has 0 bridgehead atoms. The second-order valence-corrected chi connectivity index (χ2v) is 12.2. The van der Waals surface area contributed by atoms with Crippen molar-refractivity contribution in [1.29, 1.82) is 0 Å². The van der Waals surface area contributed by atoms with E-state index in [0.717, 1.165) is 42.4 Å². The molecule has 0 heterocycles. The van der Waals surface area contributed by atoms with Crippen LogP contribution >= 0.6 is 11.8 Å². The summed E-state index contributed by atoms with van der Waals surface area (Å²) < 4.78 is 5.47. The summed E-state index contributed by atoms with van der Waals surface area (Å²) in [6, 6.07) is 4.36. The molecule has 0 aliphatic heterocycles. The number of benzene rings is 1. The summed E-state index contributed by atoms with van der Waals surface area (Å²) in [5.74, 6) is 0.570. The maximum absolute atomic E-state index is 14.2. The van der Waals surface area contributed by atoms with Gasteiger partial charge in [-0.2, -0.15) is 11.8 Å². The molecular formula is C29H47N3O4S. The SMILES string of the molecule is CCCCCNC(=O)C(c1ccc(C)c(C)c1)N(C(=O)C(CCSC)NC(=O)OC(C)(C)C)C1CC1C. The molecule has 8 heteroatoms. The van der Waals surface area contributed by atoms with Gasteiger partial charge in [-0.05, 0) is 88.5 Å². The Morgan fingerprint density at radius 3 is 2.38 bits per heavy atom. The third kappa shape index (κ3) is 9.55. The molecule has 0 spiro atoms. The Labute approximate surface area is 227 Å². The number of ether oxygens (including phenoxy) is 1. The Hall–Kier alpha value is -2.22. The summed E-state index contributed by atoms with van der Waals surface area (Å²) in [4.78, 5) is 42.3. The highest BCUT2D eigenvalue weighted by Crippen LogP contribution is 2.41. The second-order valence-electron chi connectivity index (χ2n) is 11.3. The zero-order valence-electron chi connectivity index (χ0n) is 24.0. The summed E-state index contributed by atoms with van der Waals surface area (Å²) in [6.45, 7) is 14.2. The van der Waals surface area contributed by atoms with Crippen molar-refractivity contribution >= 4 is 29.7 Å². The minimum Gasteiger partial charge on any atom is -0.444 e. The Morgan fingerprint density at radius 2 is 1.84 bits per heavy atom. The van der Waals surface area contributed by atoms with Crippen molar-refractivity contribution in [3.05, 3.63) is 34.9 Å². The number of carbonyl (C=O) groups is 3. The van der Waals surface area contributed by atoms with Crippen molar-refractivity contribution in [3.63, 3.8) is 0 Å². The molecule has 1 aromatic carbocycles. The lowest BCUT2D eigenvalue weighted by Gasteiger charge is -2.35. The highest BCUT2D eigenvalue weighted by Gasteiger charge is 2.48. The summed E-state index contributed by atoms with van der Waals surface area (Å²) in [7, 11) is 0.